The van der Waals surface area contributed by atoms with Crippen LogP contribution in [0.1, 0.15) is 78.1 Å². The quantitative estimate of drug-likeness (QED) is 0.345. The number of carbonyl (C=O) groups excluding carboxylic acids is 2. The molecule has 1 unspecified atom stereocenters. The van der Waals surface area contributed by atoms with Gasteiger partial charge >= 0.3 is 12.1 Å². The van der Waals surface area contributed by atoms with Gasteiger partial charge in [0, 0.05) is 13.3 Å². The molecule has 6 nitrogen and oxygen atoms in total. The van der Waals surface area contributed by atoms with Crippen molar-refractivity contribution >= 4 is 12.1 Å². The molecule has 6 heteroatoms. The van der Waals surface area contributed by atoms with E-state index in [1.807, 2.05) is 0 Å². The maximum absolute atomic E-state index is 11.6. The average molecular weight is 344 g/mol. The first-order chi connectivity index (χ1) is 11.6. The van der Waals surface area contributed by atoms with E-state index in [1.165, 1.54) is 44.9 Å². The molecule has 1 aliphatic heterocycles. The van der Waals surface area contributed by atoms with Crippen LogP contribution in [0.25, 0.3) is 0 Å². The zero-order chi connectivity index (χ0) is 17.7. The summed E-state index contributed by atoms with van der Waals surface area (Å²) in [5, 5.41) is 0. The van der Waals surface area contributed by atoms with Gasteiger partial charge in [-0.3, -0.25) is 4.79 Å². The normalized spacial score (nSPS) is 19.8. The van der Waals surface area contributed by atoms with Gasteiger partial charge in [0.25, 0.3) is 0 Å². The van der Waals surface area contributed by atoms with Gasteiger partial charge in [-0.1, -0.05) is 58.3 Å². The monoisotopic (exact) mass is 344 g/mol. The summed E-state index contributed by atoms with van der Waals surface area (Å²) in [5.41, 5.74) is 0. The third-order valence-electron chi connectivity index (χ3n) is 3.99. The van der Waals surface area contributed by atoms with Crippen LogP contribution in [0.3, 0.4) is 0 Å². The van der Waals surface area contributed by atoms with Gasteiger partial charge in [0.05, 0.1) is 6.61 Å². The molecule has 0 radical (unpaired) electrons. The van der Waals surface area contributed by atoms with E-state index >= 15 is 0 Å². The highest BCUT2D eigenvalue weighted by atomic mass is 16.8. The minimum absolute atomic E-state index is 0.0538. The van der Waals surface area contributed by atoms with E-state index in [0.717, 1.165) is 12.8 Å². The average Bonchev–Trinajstić information content (AvgIpc) is 2.89. The Kier molecular flexibility index (Phi) is 10.5. The molecule has 0 aromatic rings. The predicted molar refractivity (Wildman–Crippen MR) is 89.6 cm³/mol. The number of ether oxygens (including phenoxy) is 4. The van der Waals surface area contributed by atoms with Gasteiger partial charge in [-0.25, -0.2) is 4.79 Å². The van der Waals surface area contributed by atoms with E-state index in [-0.39, 0.29) is 25.8 Å². The van der Waals surface area contributed by atoms with Crippen molar-refractivity contribution in [3.8, 4) is 0 Å². The highest BCUT2D eigenvalue weighted by Gasteiger charge is 2.38. The summed E-state index contributed by atoms with van der Waals surface area (Å²) in [6, 6.07) is 0. The van der Waals surface area contributed by atoms with Crippen LogP contribution in [0.15, 0.2) is 0 Å². The summed E-state index contributed by atoms with van der Waals surface area (Å²) in [7, 11) is 0. The van der Waals surface area contributed by atoms with E-state index in [2.05, 4.69) is 11.7 Å². The van der Waals surface area contributed by atoms with Crippen LogP contribution >= 0.6 is 0 Å². The number of unbranched alkanes of at least 4 members (excludes halogenated alkanes) is 8. The molecule has 0 bridgehead atoms. The fourth-order valence-corrected chi connectivity index (χ4v) is 2.56. The lowest BCUT2D eigenvalue weighted by Crippen LogP contribution is -2.32. The lowest BCUT2D eigenvalue weighted by atomic mass is 10.1. The van der Waals surface area contributed by atoms with Crippen molar-refractivity contribution in [1.29, 1.82) is 0 Å². The first kappa shape index (κ1) is 20.7. The largest absolute Gasteiger partial charge is 0.511 e. The SMILES string of the molecule is CCCCCCCCCCCC(=O)OCCOC1(C)COC(=O)O1. The van der Waals surface area contributed by atoms with E-state index in [1.54, 1.807) is 6.92 Å². The number of cyclic esters (lactones) is 2. The van der Waals surface area contributed by atoms with Gasteiger partial charge in [0.15, 0.2) is 6.61 Å². The van der Waals surface area contributed by atoms with E-state index < -0.39 is 11.9 Å². The van der Waals surface area contributed by atoms with Gasteiger partial charge in [-0.15, -0.1) is 0 Å². The third kappa shape index (κ3) is 9.75. The summed E-state index contributed by atoms with van der Waals surface area (Å²) in [6.45, 7) is 4.23. The molecule has 1 fully saturated rings. The zero-order valence-corrected chi connectivity index (χ0v) is 15.1. The van der Waals surface area contributed by atoms with Crippen molar-refractivity contribution in [3.63, 3.8) is 0 Å². The standard InChI is InChI=1S/C18H32O6/c1-3-4-5-6-7-8-9-10-11-12-16(19)21-13-14-23-18(2)15-22-17(20)24-18/h3-15H2,1-2H3. The van der Waals surface area contributed by atoms with Gasteiger partial charge in [0.1, 0.15) is 6.61 Å². The third-order valence-corrected chi connectivity index (χ3v) is 3.99. The number of hydrogen-bond donors (Lipinski definition) is 0. The first-order valence-electron chi connectivity index (χ1n) is 9.21. The smallest absolute Gasteiger partial charge is 0.463 e. The minimum Gasteiger partial charge on any atom is -0.463 e. The molecule has 1 saturated heterocycles. The van der Waals surface area contributed by atoms with Gasteiger partial charge in [-0.05, 0) is 6.42 Å². The molecule has 1 heterocycles. The number of hydrogen-bond acceptors (Lipinski definition) is 6. The molecule has 1 aliphatic rings. The molecule has 0 spiro atoms. The molecule has 0 N–H and O–H groups in total. The van der Waals surface area contributed by atoms with Crippen molar-refractivity contribution in [3.05, 3.63) is 0 Å². The number of carbonyl (C=O) groups is 2. The lowest BCUT2D eigenvalue weighted by Gasteiger charge is -2.19. The van der Waals surface area contributed by atoms with Crippen molar-refractivity contribution in [2.24, 2.45) is 0 Å². The summed E-state index contributed by atoms with van der Waals surface area (Å²) in [6.07, 6.45) is 10.7. The van der Waals surface area contributed by atoms with Crippen LogP contribution in [-0.4, -0.2) is 37.7 Å². The molecular weight excluding hydrogens is 312 g/mol. The van der Waals surface area contributed by atoms with Crippen molar-refractivity contribution in [2.75, 3.05) is 19.8 Å². The fraction of sp³-hybridized carbons (Fsp3) is 0.889. The molecule has 0 amide bonds. The highest BCUT2D eigenvalue weighted by Crippen LogP contribution is 2.20. The van der Waals surface area contributed by atoms with Crippen molar-refractivity contribution in [1.82, 2.24) is 0 Å². The Morgan fingerprint density at radius 3 is 2.25 bits per heavy atom. The molecule has 0 saturated carbocycles. The van der Waals surface area contributed by atoms with E-state index in [9.17, 15) is 9.59 Å². The predicted octanol–water partition coefficient (Wildman–Crippen LogP) is 4.35. The van der Waals surface area contributed by atoms with E-state index in [4.69, 9.17) is 14.2 Å². The lowest BCUT2D eigenvalue weighted by molar-refractivity contribution is -0.178. The van der Waals surface area contributed by atoms with Gasteiger partial charge in [0.2, 0.25) is 5.79 Å². The molecular formula is C18H32O6. The second-order valence-electron chi connectivity index (χ2n) is 6.42. The second kappa shape index (κ2) is 12.1. The van der Waals surface area contributed by atoms with Crippen LogP contribution in [-0.2, 0) is 23.7 Å². The molecule has 1 rings (SSSR count). The Bertz CT molecular complexity index is 371. The Morgan fingerprint density at radius 1 is 1.04 bits per heavy atom. The van der Waals surface area contributed by atoms with Crippen molar-refractivity contribution in [2.45, 2.75) is 83.8 Å². The minimum atomic E-state index is -1.07. The van der Waals surface area contributed by atoms with Crippen LogP contribution < -0.4 is 0 Å². The molecule has 24 heavy (non-hydrogen) atoms. The number of rotatable bonds is 14. The summed E-state index contributed by atoms with van der Waals surface area (Å²) < 4.78 is 20.0. The summed E-state index contributed by atoms with van der Waals surface area (Å²) in [5.74, 6) is -1.27. The summed E-state index contributed by atoms with van der Waals surface area (Å²) in [4.78, 5) is 22.4. The highest BCUT2D eigenvalue weighted by molar-refractivity contribution is 5.69. The van der Waals surface area contributed by atoms with Gasteiger partial charge in [-0.2, -0.15) is 0 Å². The fourth-order valence-electron chi connectivity index (χ4n) is 2.56. The van der Waals surface area contributed by atoms with Gasteiger partial charge < -0.3 is 18.9 Å². The maximum Gasteiger partial charge on any atom is 0.511 e. The molecule has 0 aliphatic carbocycles. The van der Waals surface area contributed by atoms with E-state index in [0.29, 0.717) is 6.42 Å². The topological polar surface area (TPSA) is 71.1 Å². The molecule has 1 atom stereocenters. The molecule has 0 aromatic carbocycles. The molecule has 140 valence electrons. The number of esters is 1. The van der Waals surface area contributed by atoms with Crippen LogP contribution in [0.4, 0.5) is 4.79 Å². The van der Waals surface area contributed by atoms with Crippen LogP contribution in [0, 0.1) is 0 Å². The summed E-state index contributed by atoms with van der Waals surface area (Å²) >= 11 is 0. The Balaban J connectivity index is 1.87. The Labute approximate surface area is 145 Å². The Hall–Kier alpha value is -1.30. The molecule has 0 aromatic heterocycles. The second-order valence-corrected chi connectivity index (χ2v) is 6.42. The van der Waals surface area contributed by atoms with Crippen molar-refractivity contribution < 1.29 is 28.5 Å². The maximum atomic E-state index is 11.6. The van der Waals surface area contributed by atoms with Crippen LogP contribution in [0.2, 0.25) is 0 Å². The van der Waals surface area contributed by atoms with Crippen LogP contribution in [0.5, 0.6) is 0 Å². The zero-order valence-electron chi connectivity index (χ0n) is 15.1. The first-order valence-corrected chi connectivity index (χ1v) is 9.21. The Morgan fingerprint density at radius 2 is 1.67 bits per heavy atom.